The van der Waals surface area contributed by atoms with E-state index in [4.69, 9.17) is 27.9 Å². The van der Waals surface area contributed by atoms with Crippen LogP contribution in [0.15, 0.2) is 89.4 Å². The lowest BCUT2D eigenvalue weighted by Gasteiger charge is -2.32. The molecule has 1 N–H and O–H groups in total. The average molecular weight is 628 g/mol. The van der Waals surface area contributed by atoms with Crippen LogP contribution < -0.4 is 10.1 Å². The molecule has 4 rings (SSSR count). The maximum absolute atomic E-state index is 13.9. The zero-order valence-electron chi connectivity index (χ0n) is 21.7. The smallest absolute Gasteiger partial charge is 0.261 e. The number of rotatable bonds is 10. The van der Waals surface area contributed by atoms with Crippen LogP contribution in [0.5, 0.6) is 5.75 Å². The predicted molar refractivity (Wildman–Crippen MR) is 161 cm³/mol. The van der Waals surface area contributed by atoms with E-state index < -0.39 is 6.04 Å². The molecule has 202 valence electrons. The molecule has 4 aromatic carbocycles. The van der Waals surface area contributed by atoms with E-state index in [-0.39, 0.29) is 31.0 Å². The summed E-state index contributed by atoms with van der Waals surface area (Å²) in [5.74, 6) is -0.104. The van der Waals surface area contributed by atoms with Gasteiger partial charge in [0.15, 0.2) is 6.61 Å². The first-order valence-corrected chi connectivity index (χ1v) is 14.2. The van der Waals surface area contributed by atoms with Crippen LogP contribution in [0.25, 0.3) is 10.8 Å². The summed E-state index contributed by atoms with van der Waals surface area (Å²) >= 11 is 16.6. The van der Waals surface area contributed by atoms with Gasteiger partial charge in [-0.05, 0) is 64.3 Å². The van der Waals surface area contributed by atoms with Crippen LogP contribution in [0, 0.1) is 0 Å². The Morgan fingerprint density at radius 1 is 0.897 bits per heavy atom. The van der Waals surface area contributed by atoms with Crippen molar-refractivity contribution in [3.8, 4) is 5.75 Å². The average Bonchev–Trinajstić information content (AvgIpc) is 2.92. The molecular formula is C31H29BrCl2N2O3. The number of ether oxygens (including phenoxy) is 1. The minimum atomic E-state index is -0.821. The molecule has 0 saturated heterocycles. The molecule has 0 heterocycles. The summed E-state index contributed by atoms with van der Waals surface area (Å²) in [5, 5.41) is 5.83. The fraction of sp³-hybridized carbons (Fsp3) is 0.226. The molecule has 0 saturated carbocycles. The van der Waals surface area contributed by atoms with Crippen molar-refractivity contribution in [3.05, 3.63) is 111 Å². The SMILES string of the molecule is CC(C)NC(=O)[C@H](Cc1ccccc1)N(Cc1c(Cl)cccc1Cl)C(=O)COc1ccc2ccccc2c1Br. The molecule has 0 fully saturated rings. The second-order valence-electron chi connectivity index (χ2n) is 9.48. The van der Waals surface area contributed by atoms with Crippen LogP contribution in [0.2, 0.25) is 10.0 Å². The van der Waals surface area contributed by atoms with Gasteiger partial charge in [-0.3, -0.25) is 9.59 Å². The molecule has 4 aromatic rings. The number of carbonyl (C=O) groups is 2. The third kappa shape index (κ3) is 7.33. The Bertz CT molecular complexity index is 1440. The van der Waals surface area contributed by atoms with Gasteiger partial charge in [-0.25, -0.2) is 0 Å². The van der Waals surface area contributed by atoms with Gasteiger partial charge in [0.1, 0.15) is 11.8 Å². The number of nitrogens with one attached hydrogen (secondary N) is 1. The van der Waals surface area contributed by atoms with Gasteiger partial charge in [-0.2, -0.15) is 0 Å². The maximum atomic E-state index is 13.9. The fourth-order valence-corrected chi connectivity index (χ4v) is 5.46. The van der Waals surface area contributed by atoms with E-state index >= 15 is 0 Å². The predicted octanol–water partition coefficient (Wildman–Crippen LogP) is 7.45. The van der Waals surface area contributed by atoms with Crippen LogP contribution in [0.3, 0.4) is 0 Å². The van der Waals surface area contributed by atoms with E-state index in [1.54, 1.807) is 18.2 Å². The number of amides is 2. The molecule has 0 aliphatic carbocycles. The van der Waals surface area contributed by atoms with Crippen LogP contribution in [0.1, 0.15) is 25.0 Å². The van der Waals surface area contributed by atoms with Crippen LogP contribution in [-0.2, 0) is 22.6 Å². The number of nitrogens with zero attached hydrogens (tertiary/aromatic N) is 1. The van der Waals surface area contributed by atoms with Gasteiger partial charge in [-0.1, -0.05) is 89.9 Å². The lowest BCUT2D eigenvalue weighted by Crippen LogP contribution is -2.52. The molecule has 0 aliphatic heterocycles. The molecular weight excluding hydrogens is 599 g/mol. The van der Waals surface area contributed by atoms with Crippen LogP contribution >= 0.6 is 39.1 Å². The lowest BCUT2D eigenvalue weighted by atomic mass is 10.0. The standard InChI is InChI=1S/C31H29BrCl2N2O3/c1-20(2)35-31(38)27(17-21-9-4-3-5-10-21)36(18-24-25(33)13-8-14-26(24)34)29(37)19-39-28-16-15-22-11-6-7-12-23(22)30(28)32/h3-16,20,27H,17-19H2,1-2H3,(H,35,38)/t27-/m0/s1. The van der Waals surface area contributed by atoms with E-state index in [2.05, 4.69) is 21.2 Å². The summed E-state index contributed by atoms with van der Waals surface area (Å²) in [7, 11) is 0. The first kappa shape index (κ1) is 28.9. The van der Waals surface area contributed by atoms with Gasteiger partial charge in [0, 0.05) is 34.6 Å². The number of halogens is 3. The quantitative estimate of drug-likeness (QED) is 0.199. The van der Waals surface area contributed by atoms with Crippen molar-refractivity contribution in [1.29, 1.82) is 0 Å². The topological polar surface area (TPSA) is 58.6 Å². The Hall–Kier alpha value is -3.06. The first-order valence-electron chi connectivity index (χ1n) is 12.6. The van der Waals surface area contributed by atoms with Crippen molar-refractivity contribution in [3.63, 3.8) is 0 Å². The molecule has 0 aliphatic rings. The van der Waals surface area contributed by atoms with Gasteiger partial charge in [0.05, 0.1) is 4.47 Å². The second-order valence-corrected chi connectivity index (χ2v) is 11.1. The van der Waals surface area contributed by atoms with Crippen molar-refractivity contribution in [1.82, 2.24) is 10.2 Å². The van der Waals surface area contributed by atoms with Gasteiger partial charge in [-0.15, -0.1) is 0 Å². The monoisotopic (exact) mass is 626 g/mol. The lowest BCUT2D eigenvalue weighted by molar-refractivity contribution is -0.143. The minimum absolute atomic E-state index is 0.0443. The summed E-state index contributed by atoms with van der Waals surface area (Å²) in [5.41, 5.74) is 1.49. The minimum Gasteiger partial charge on any atom is -0.483 e. The molecule has 0 spiro atoms. The molecule has 0 aromatic heterocycles. The van der Waals surface area contributed by atoms with E-state index in [1.165, 1.54) is 4.90 Å². The molecule has 2 amide bonds. The van der Waals surface area contributed by atoms with Crippen molar-refractivity contribution >= 4 is 61.7 Å². The Morgan fingerprint density at radius 2 is 1.56 bits per heavy atom. The van der Waals surface area contributed by atoms with Crippen molar-refractivity contribution in [2.24, 2.45) is 0 Å². The summed E-state index contributed by atoms with van der Waals surface area (Å²) in [4.78, 5) is 28.9. The highest BCUT2D eigenvalue weighted by atomic mass is 79.9. The van der Waals surface area contributed by atoms with Gasteiger partial charge >= 0.3 is 0 Å². The Morgan fingerprint density at radius 3 is 2.26 bits per heavy atom. The third-order valence-electron chi connectivity index (χ3n) is 6.27. The van der Waals surface area contributed by atoms with Gasteiger partial charge < -0.3 is 15.0 Å². The fourth-order valence-electron chi connectivity index (χ4n) is 4.34. The number of fused-ring (bicyclic) bond motifs is 1. The third-order valence-corrected chi connectivity index (χ3v) is 7.80. The normalized spacial score (nSPS) is 11.8. The zero-order valence-corrected chi connectivity index (χ0v) is 24.8. The first-order chi connectivity index (χ1) is 18.7. The highest BCUT2D eigenvalue weighted by molar-refractivity contribution is 9.10. The van der Waals surface area contributed by atoms with Crippen LogP contribution in [0.4, 0.5) is 0 Å². The van der Waals surface area contributed by atoms with Crippen molar-refractivity contribution in [2.45, 2.75) is 38.9 Å². The molecule has 39 heavy (non-hydrogen) atoms. The largest absolute Gasteiger partial charge is 0.483 e. The Kier molecular flexibility index (Phi) is 9.89. The Labute approximate surface area is 247 Å². The van der Waals surface area contributed by atoms with Crippen molar-refractivity contribution < 1.29 is 14.3 Å². The summed E-state index contributed by atoms with van der Waals surface area (Å²) in [6.07, 6.45) is 0.312. The van der Waals surface area contributed by atoms with E-state index in [1.807, 2.05) is 80.6 Å². The molecule has 1 atom stereocenters. The van der Waals surface area contributed by atoms with E-state index in [0.29, 0.717) is 27.8 Å². The molecule has 0 unspecified atom stereocenters. The number of carbonyl (C=O) groups excluding carboxylic acids is 2. The highest BCUT2D eigenvalue weighted by Crippen LogP contribution is 2.33. The molecule has 5 nitrogen and oxygen atoms in total. The van der Waals surface area contributed by atoms with Gasteiger partial charge in [0.2, 0.25) is 5.91 Å². The van der Waals surface area contributed by atoms with Crippen molar-refractivity contribution in [2.75, 3.05) is 6.61 Å². The molecule has 0 radical (unpaired) electrons. The van der Waals surface area contributed by atoms with E-state index in [0.717, 1.165) is 20.8 Å². The highest BCUT2D eigenvalue weighted by Gasteiger charge is 2.32. The van der Waals surface area contributed by atoms with Gasteiger partial charge in [0.25, 0.3) is 5.91 Å². The number of benzene rings is 4. The number of hydrogen-bond acceptors (Lipinski definition) is 3. The van der Waals surface area contributed by atoms with E-state index in [9.17, 15) is 9.59 Å². The Balaban J connectivity index is 1.68. The zero-order chi connectivity index (χ0) is 27.9. The molecule has 0 bridgehead atoms. The second kappa shape index (κ2) is 13.3. The summed E-state index contributed by atoms with van der Waals surface area (Å²) < 4.78 is 6.77. The number of hydrogen-bond donors (Lipinski definition) is 1. The maximum Gasteiger partial charge on any atom is 0.261 e. The van der Waals surface area contributed by atoms with Crippen LogP contribution in [-0.4, -0.2) is 35.4 Å². The summed E-state index contributed by atoms with van der Waals surface area (Å²) in [6.45, 7) is 3.53. The molecule has 8 heteroatoms. The summed E-state index contributed by atoms with van der Waals surface area (Å²) in [6, 6.07) is 25.5.